The zero-order valence-electron chi connectivity index (χ0n) is 21.6. The first-order valence-corrected chi connectivity index (χ1v) is 12.8. The summed E-state index contributed by atoms with van der Waals surface area (Å²) >= 11 is 0. The van der Waals surface area contributed by atoms with Crippen LogP contribution in [0.5, 0.6) is 0 Å². The Bertz CT molecular complexity index is 1840. The summed E-state index contributed by atoms with van der Waals surface area (Å²) in [6, 6.07) is 48.3. The van der Waals surface area contributed by atoms with Gasteiger partial charge >= 0.3 is 0 Å². The Morgan fingerprint density at radius 1 is 0.475 bits per heavy atom. The number of nitrogens with zero attached hydrogens (tertiary/aromatic N) is 4. The third-order valence-corrected chi connectivity index (χ3v) is 6.66. The third-order valence-electron chi connectivity index (χ3n) is 6.66. The van der Waals surface area contributed by atoms with E-state index in [0.717, 1.165) is 44.4 Å². The number of hydrogen-bond donors (Lipinski definition) is 0. The Labute approximate surface area is 258 Å². The van der Waals surface area contributed by atoms with E-state index >= 15 is 0 Å². The monoisotopic (exact) mass is 587 g/mol. The van der Waals surface area contributed by atoms with Crippen LogP contribution < -0.4 is 0 Å². The maximum atomic E-state index is 4.88. The largest absolute Gasteiger partial charge is 0.433 e. The molecule has 1 radical (unpaired) electrons. The molecule has 0 saturated heterocycles. The average molecular weight is 587 g/mol. The first-order valence-electron chi connectivity index (χ1n) is 12.8. The molecular formula is C35H22N4Y-2. The first-order chi connectivity index (χ1) is 19.3. The van der Waals surface area contributed by atoms with Gasteiger partial charge in [0.25, 0.3) is 0 Å². The van der Waals surface area contributed by atoms with Crippen molar-refractivity contribution in [3.8, 4) is 51.0 Å². The van der Waals surface area contributed by atoms with E-state index in [4.69, 9.17) is 15.0 Å². The van der Waals surface area contributed by atoms with E-state index < -0.39 is 0 Å². The molecule has 7 aromatic rings. The number of para-hydroxylation sites is 1. The molecule has 0 N–H and O–H groups in total. The second-order valence-corrected chi connectivity index (χ2v) is 9.19. The summed E-state index contributed by atoms with van der Waals surface area (Å²) in [5, 5.41) is 1.14. The van der Waals surface area contributed by atoms with E-state index in [1.54, 1.807) is 0 Å². The minimum absolute atomic E-state index is 0. The van der Waals surface area contributed by atoms with Crippen molar-refractivity contribution in [1.82, 2.24) is 19.5 Å². The molecule has 0 aliphatic carbocycles. The van der Waals surface area contributed by atoms with Gasteiger partial charge in [-0.25, -0.2) is 4.98 Å². The predicted molar refractivity (Wildman–Crippen MR) is 156 cm³/mol. The van der Waals surface area contributed by atoms with E-state index in [9.17, 15) is 0 Å². The molecule has 0 aliphatic rings. The van der Waals surface area contributed by atoms with Gasteiger partial charge in [-0.05, 0) is 11.7 Å². The van der Waals surface area contributed by atoms with Crippen molar-refractivity contribution in [2.24, 2.45) is 0 Å². The normalized spacial score (nSPS) is 10.8. The molecule has 40 heavy (non-hydrogen) atoms. The van der Waals surface area contributed by atoms with E-state index in [-0.39, 0.29) is 32.7 Å². The van der Waals surface area contributed by atoms with Crippen molar-refractivity contribution in [3.63, 3.8) is 0 Å². The van der Waals surface area contributed by atoms with Crippen molar-refractivity contribution in [1.29, 1.82) is 0 Å². The van der Waals surface area contributed by atoms with E-state index in [1.807, 2.05) is 84.9 Å². The molecule has 0 saturated carbocycles. The third kappa shape index (κ3) is 5.04. The van der Waals surface area contributed by atoms with Crippen LogP contribution in [0.1, 0.15) is 0 Å². The number of fused-ring (bicyclic) bond motifs is 1. The van der Waals surface area contributed by atoms with Crippen molar-refractivity contribution in [3.05, 3.63) is 146 Å². The molecule has 2 heterocycles. The van der Waals surface area contributed by atoms with Crippen molar-refractivity contribution in [2.45, 2.75) is 0 Å². The fourth-order valence-corrected chi connectivity index (χ4v) is 4.77. The number of rotatable bonds is 5. The maximum absolute atomic E-state index is 4.88. The summed E-state index contributed by atoms with van der Waals surface area (Å²) in [5.41, 5.74) is 6.78. The minimum atomic E-state index is 0. The fraction of sp³-hybridized carbons (Fsp3) is 0. The molecule has 0 unspecified atom stereocenters. The molecule has 0 atom stereocenters. The van der Waals surface area contributed by atoms with Crippen LogP contribution in [0.3, 0.4) is 0 Å². The molecule has 7 rings (SSSR count). The van der Waals surface area contributed by atoms with Crippen LogP contribution in [-0.4, -0.2) is 19.5 Å². The van der Waals surface area contributed by atoms with Crippen LogP contribution in [-0.2, 0) is 32.7 Å². The fourth-order valence-electron chi connectivity index (χ4n) is 4.77. The van der Waals surface area contributed by atoms with Gasteiger partial charge in [-0.3, -0.25) is 9.97 Å². The van der Waals surface area contributed by atoms with Crippen molar-refractivity contribution < 1.29 is 32.7 Å². The van der Waals surface area contributed by atoms with E-state index in [1.165, 1.54) is 0 Å². The van der Waals surface area contributed by atoms with Crippen LogP contribution in [0.25, 0.3) is 61.9 Å². The summed E-state index contributed by atoms with van der Waals surface area (Å²) < 4.78 is 2.07. The van der Waals surface area contributed by atoms with Gasteiger partial charge in [0, 0.05) is 43.8 Å². The van der Waals surface area contributed by atoms with Crippen LogP contribution >= 0.6 is 0 Å². The molecule has 0 amide bonds. The Morgan fingerprint density at radius 3 is 1.62 bits per heavy atom. The molecule has 0 aliphatic heterocycles. The van der Waals surface area contributed by atoms with Gasteiger partial charge in [-0.15, -0.1) is 17.3 Å². The second-order valence-electron chi connectivity index (χ2n) is 9.19. The van der Waals surface area contributed by atoms with Crippen LogP contribution in [0.2, 0.25) is 0 Å². The van der Waals surface area contributed by atoms with E-state index in [0.29, 0.717) is 17.5 Å². The Kier molecular flexibility index (Phi) is 7.46. The van der Waals surface area contributed by atoms with Gasteiger partial charge in [-0.1, -0.05) is 132 Å². The average Bonchev–Trinajstić information content (AvgIpc) is 3.42. The molecule has 5 heteroatoms. The zero-order valence-corrected chi connectivity index (χ0v) is 24.4. The minimum Gasteiger partial charge on any atom is -0.433 e. The SMILES string of the molecule is [Y].[c-]1c(-c2nc(-c3ccccc3)nc(-c3ccccc3)n2)cccc1-n1[c-]c(-c2ccccc2)c2ccccc21. The maximum Gasteiger partial charge on any atom is 0.154 e. The Balaban J connectivity index is 0.00000289. The summed E-state index contributed by atoms with van der Waals surface area (Å²) in [5.74, 6) is 1.83. The quantitative estimate of drug-likeness (QED) is 0.191. The summed E-state index contributed by atoms with van der Waals surface area (Å²) in [7, 11) is 0. The Morgan fingerprint density at radius 2 is 1.00 bits per heavy atom. The molecular weight excluding hydrogens is 565 g/mol. The second kappa shape index (κ2) is 11.5. The molecule has 0 bridgehead atoms. The number of hydrogen-bond acceptors (Lipinski definition) is 3. The first kappa shape index (κ1) is 26.0. The van der Waals surface area contributed by atoms with Crippen molar-refractivity contribution in [2.75, 3.05) is 0 Å². The molecule has 2 aromatic heterocycles. The zero-order chi connectivity index (χ0) is 26.0. The van der Waals surface area contributed by atoms with Crippen molar-refractivity contribution >= 4 is 10.9 Å². The van der Waals surface area contributed by atoms with Gasteiger partial charge in [0.2, 0.25) is 0 Å². The predicted octanol–water partition coefficient (Wildman–Crippen LogP) is 8.08. The van der Waals surface area contributed by atoms with Gasteiger partial charge in [0.15, 0.2) is 11.6 Å². The van der Waals surface area contributed by atoms with Gasteiger partial charge in [-0.2, -0.15) is 18.2 Å². The van der Waals surface area contributed by atoms with Crippen LogP contribution in [0.4, 0.5) is 0 Å². The van der Waals surface area contributed by atoms with E-state index in [2.05, 4.69) is 65.4 Å². The summed E-state index contributed by atoms with van der Waals surface area (Å²) in [6.07, 6.45) is 3.61. The molecule has 4 nitrogen and oxygen atoms in total. The standard InChI is InChI=1S/C35H22N4.Y/c1-4-13-25(14-5-1)31-24-39(32-22-11-10-21-30(31)32)29-20-12-19-28(23-29)35-37-33(26-15-6-2-7-16-26)36-34(38-35)27-17-8-3-9-18-27;/h1-22H;/q-2;. The number of aromatic nitrogens is 4. The van der Waals surface area contributed by atoms with Gasteiger partial charge < -0.3 is 4.57 Å². The van der Waals surface area contributed by atoms with Crippen LogP contribution in [0.15, 0.2) is 133 Å². The Hall–Kier alpha value is -4.25. The van der Waals surface area contributed by atoms with Crippen LogP contribution in [0, 0.1) is 12.3 Å². The topological polar surface area (TPSA) is 43.6 Å². The molecule has 187 valence electrons. The number of benzene rings is 5. The molecule has 5 aromatic carbocycles. The molecule has 0 fully saturated rings. The summed E-state index contributed by atoms with van der Waals surface area (Å²) in [4.78, 5) is 14.6. The smallest absolute Gasteiger partial charge is 0.154 e. The molecule has 0 spiro atoms. The van der Waals surface area contributed by atoms with Gasteiger partial charge in [0.1, 0.15) is 0 Å². The summed E-state index contributed by atoms with van der Waals surface area (Å²) in [6.45, 7) is 0. The van der Waals surface area contributed by atoms with Gasteiger partial charge in [0.05, 0.1) is 5.82 Å².